The number of rotatable bonds is 4. The third kappa shape index (κ3) is 4.62. The summed E-state index contributed by atoms with van der Waals surface area (Å²) in [6.07, 6.45) is 0.837. The first-order chi connectivity index (χ1) is 17.2. The van der Waals surface area contributed by atoms with E-state index in [1.807, 2.05) is 47.4 Å². The molecular weight excluding hydrogens is 509 g/mol. The fraction of sp³-hybridized carbons (Fsp3) is 0.0667. The van der Waals surface area contributed by atoms with Crippen LogP contribution in [0.1, 0.15) is 26.8 Å². The Kier molecular flexibility index (Phi) is 6.34. The second-order valence-electron chi connectivity index (χ2n) is 8.48. The summed E-state index contributed by atoms with van der Waals surface area (Å²) in [5, 5.41) is 5.48. The van der Waals surface area contributed by atoms with Crippen LogP contribution >= 0.6 is 46.3 Å². The van der Waals surface area contributed by atoms with E-state index < -0.39 is 0 Å². The van der Waals surface area contributed by atoms with Crippen LogP contribution in [0.5, 0.6) is 0 Å². The average molecular weight is 531 g/mol. The summed E-state index contributed by atoms with van der Waals surface area (Å²) in [6, 6.07) is 35.8. The van der Waals surface area contributed by atoms with Crippen LogP contribution in [0.3, 0.4) is 0 Å². The molecule has 172 valence electrons. The maximum Gasteiger partial charge on any atom is 0.0629 e. The Morgan fingerprint density at radius 3 is 2.11 bits per heavy atom. The van der Waals surface area contributed by atoms with E-state index in [1.165, 1.54) is 42.6 Å². The third-order valence-electron chi connectivity index (χ3n) is 6.16. The van der Waals surface area contributed by atoms with Crippen molar-refractivity contribution in [2.24, 2.45) is 0 Å². The SMILES string of the molecule is Clc1ccc(Cc2sc(-c3ccccc3)c3c2Nc2ccccc2SC3c2ccc(Cl)cc2)cc1. The van der Waals surface area contributed by atoms with Crippen molar-refractivity contribution in [3.05, 3.63) is 135 Å². The van der Waals surface area contributed by atoms with E-state index in [1.54, 1.807) is 0 Å². The van der Waals surface area contributed by atoms with E-state index in [0.717, 1.165) is 22.2 Å². The van der Waals surface area contributed by atoms with Crippen LogP contribution in [0.2, 0.25) is 10.0 Å². The Morgan fingerprint density at radius 2 is 1.37 bits per heavy atom. The fourth-order valence-electron chi connectivity index (χ4n) is 4.46. The molecule has 4 aromatic carbocycles. The number of halogens is 2. The quantitative estimate of drug-likeness (QED) is 0.248. The largest absolute Gasteiger partial charge is 0.353 e. The minimum absolute atomic E-state index is 0.129. The lowest BCUT2D eigenvalue weighted by Crippen LogP contribution is -2.00. The van der Waals surface area contributed by atoms with Crippen LogP contribution in [0.15, 0.2) is 108 Å². The molecule has 0 radical (unpaired) electrons. The summed E-state index contributed by atoms with van der Waals surface area (Å²) in [6.45, 7) is 0. The number of anilines is 2. The zero-order valence-corrected chi connectivity index (χ0v) is 21.8. The number of hydrogen-bond donors (Lipinski definition) is 1. The van der Waals surface area contributed by atoms with Gasteiger partial charge in [-0.15, -0.1) is 23.1 Å². The number of benzene rings is 4. The van der Waals surface area contributed by atoms with Crippen molar-refractivity contribution >= 4 is 57.7 Å². The Labute approximate surface area is 223 Å². The lowest BCUT2D eigenvalue weighted by molar-refractivity contribution is 1.16. The molecule has 0 saturated heterocycles. The number of thioether (sulfide) groups is 1. The highest BCUT2D eigenvalue weighted by Crippen LogP contribution is 2.56. The minimum Gasteiger partial charge on any atom is -0.353 e. The van der Waals surface area contributed by atoms with Crippen LogP contribution < -0.4 is 5.32 Å². The van der Waals surface area contributed by atoms with Gasteiger partial charge in [-0.25, -0.2) is 0 Å². The van der Waals surface area contributed by atoms with Crippen molar-refractivity contribution in [2.45, 2.75) is 16.6 Å². The smallest absolute Gasteiger partial charge is 0.0629 e. The minimum atomic E-state index is 0.129. The van der Waals surface area contributed by atoms with Crippen LogP contribution in [0.25, 0.3) is 10.4 Å². The highest BCUT2D eigenvalue weighted by Gasteiger charge is 2.31. The molecule has 0 saturated carbocycles. The molecule has 6 rings (SSSR count). The summed E-state index contributed by atoms with van der Waals surface area (Å²) in [5.74, 6) is 0. The normalized spacial score (nSPS) is 14.5. The van der Waals surface area contributed by atoms with Crippen LogP contribution in [-0.4, -0.2) is 0 Å². The molecule has 0 aliphatic carbocycles. The van der Waals surface area contributed by atoms with E-state index in [-0.39, 0.29) is 5.25 Å². The first-order valence-electron chi connectivity index (χ1n) is 11.4. The predicted molar refractivity (Wildman–Crippen MR) is 153 cm³/mol. The molecule has 1 aliphatic rings. The molecule has 5 heteroatoms. The summed E-state index contributed by atoms with van der Waals surface area (Å²) < 4.78 is 0. The average Bonchev–Trinajstić information content (AvgIpc) is 3.13. The van der Waals surface area contributed by atoms with E-state index in [2.05, 4.69) is 84.2 Å². The molecule has 35 heavy (non-hydrogen) atoms. The fourth-order valence-corrected chi connectivity index (χ4v) is 7.42. The molecule has 1 nitrogen and oxygen atoms in total. The predicted octanol–water partition coefficient (Wildman–Crippen LogP) is 10.3. The Hall–Kier alpha value is -2.69. The topological polar surface area (TPSA) is 12.0 Å². The lowest BCUT2D eigenvalue weighted by Gasteiger charge is -2.18. The molecule has 0 fully saturated rings. The first-order valence-corrected chi connectivity index (χ1v) is 13.8. The number of hydrogen-bond acceptors (Lipinski definition) is 3. The molecule has 0 amide bonds. The third-order valence-corrected chi connectivity index (χ3v) is 9.27. The van der Waals surface area contributed by atoms with Gasteiger partial charge in [0.15, 0.2) is 0 Å². The van der Waals surface area contributed by atoms with E-state index in [0.29, 0.717) is 0 Å². The van der Waals surface area contributed by atoms with Gasteiger partial charge in [0.05, 0.1) is 16.6 Å². The molecule has 1 atom stereocenters. The van der Waals surface area contributed by atoms with Gasteiger partial charge in [-0.3, -0.25) is 0 Å². The molecule has 1 aliphatic heterocycles. The Balaban J connectivity index is 1.58. The van der Waals surface area contributed by atoms with Gasteiger partial charge >= 0.3 is 0 Å². The molecule has 2 heterocycles. The van der Waals surface area contributed by atoms with Crippen LogP contribution in [-0.2, 0) is 6.42 Å². The molecule has 1 aromatic heterocycles. The van der Waals surface area contributed by atoms with Crippen LogP contribution in [0, 0.1) is 0 Å². The van der Waals surface area contributed by atoms with Crippen molar-refractivity contribution in [1.82, 2.24) is 0 Å². The first kappa shape index (κ1) is 22.8. The highest BCUT2D eigenvalue weighted by molar-refractivity contribution is 8.00. The number of thiophene rings is 1. The van der Waals surface area contributed by atoms with Crippen molar-refractivity contribution in [1.29, 1.82) is 0 Å². The van der Waals surface area contributed by atoms with Crippen LogP contribution in [0.4, 0.5) is 11.4 Å². The van der Waals surface area contributed by atoms with Gasteiger partial charge in [-0.2, -0.15) is 0 Å². The highest BCUT2D eigenvalue weighted by atomic mass is 35.5. The van der Waals surface area contributed by atoms with Gasteiger partial charge in [-0.1, -0.05) is 89.9 Å². The van der Waals surface area contributed by atoms with Crippen molar-refractivity contribution in [3.8, 4) is 10.4 Å². The molecule has 1 N–H and O–H groups in total. The van der Waals surface area contributed by atoms with E-state index in [9.17, 15) is 0 Å². The Bertz CT molecular complexity index is 1480. The molecule has 0 bridgehead atoms. The number of fused-ring (bicyclic) bond motifs is 2. The summed E-state index contributed by atoms with van der Waals surface area (Å²) >= 11 is 16.2. The van der Waals surface area contributed by atoms with Crippen molar-refractivity contribution in [3.63, 3.8) is 0 Å². The zero-order chi connectivity index (χ0) is 23.8. The maximum absolute atomic E-state index is 6.27. The van der Waals surface area contributed by atoms with Crippen molar-refractivity contribution in [2.75, 3.05) is 5.32 Å². The summed E-state index contributed by atoms with van der Waals surface area (Å²) in [4.78, 5) is 3.86. The second kappa shape index (κ2) is 9.75. The number of para-hydroxylation sites is 1. The molecule has 1 unspecified atom stereocenters. The monoisotopic (exact) mass is 529 g/mol. The molecular formula is C30H21Cl2NS2. The number of nitrogens with one attached hydrogen (secondary N) is 1. The maximum atomic E-state index is 6.27. The van der Waals surface area contributed by atoms with Gasteiger partial charge in [-0.05, 0) is 53.1 Å². The van der Waals surface area contributed by atoms with E-state index in [4.69, 9.17) is 23.2 Å². The summed E-state index contributed by atoms with van der Waals surface area (Å²) in [5.41, 5.74) is 7.41. The standard InChI is InChI=1S/C30H21Cl2NS2/c31-22-14-10-19(11-15-22)18-26-28-27(29(35-26)20-6-2-1-3-7-20)30(21-12-16-23(32)17-13-21)34-25-9-5-4-8-24(25)33-28/h1-17,30,33H,18H2. The lowest BCUT2D eigenvalue weighted by atomic mass is 9.98. The van der Waals surface area contributed by atoms with Gasteiger partial charge in [0.2, 0.25) is 0 Å². The zero-order valence-electron chi connectivity index (χ0n) is 18.7. The van der Waals surface area contributed by atoms with Gasteiger partial charge in [0.25, 0.3) is 0 Å². The van der Waals surface area contributed by atoms with Gasteiger partial charge in [0, 0.05) is 36.7 Å². The summed E-state index contributed by atoms with van der Waals surface area (Å²) in [7, 11) is 0. The second-order valence-corrected chi connectivity index (χ2v) is 11.6. The molecule has 0 spiro atoms. The van der Waals surface area contributed by atoms with E-state index >= 15 is 0 Å². The molecule has 5 aromatic rings. The Morgan fingerprint density at radius 1 is 0.714 bits per heavy atom. The van der Waals surface area contributed by atoms with Gasteiger partial charge in [0.1, 0.15) is 0 Å². The van der Waals surface area contributed by atoms with Crippen molar-refractivity contribution < 1.29 is 0 Å². The van der Waals surface area contributed by atoms with Gasteiger partial charge < -0.3 is 5.32 Å².